The van der Waals surface area contributed by atoms with Gasteiger partial charge in [0.1, 0.15) is 11.6 Å². The normalized spacial score (nSPS) is 32.6. The number of likely N-dealkylation sites (tertiary alicyclic amines) is 1. The van der Waals surface area contributed by atoms with Crippen molar-refractivity contribution in [1.82, 2.24) is 10.2 Å². The number of anilines is 1. The average Bonchev–Trinajstić information content (AvgIpc) is 3.37. The first-order chi connectivity index (χ1) is 16.1. The molecule has 2 unspecified atom stereocenters. The number of hydrogen-bond donors (Lipinski definition) is 3. The van der Waals surface area contributed by atoms with Crippen LogP contribution in [-0.4, -0.2) is 64.2 Å². The third-order valence-corrected chi connectivity index (χ3v) is 8.16. The number of para-hydroxylation sites is 1. The molecule has 4 rings (SSSR count). The Hall–Kier alpha value is -2.16. The maximum atomic E-state index is 13.9. The molecule has 6 atom stereocenters. The van der Waals surface area contributed by atoms with Crippen LogP contribution >= 0.6 is 11.6 Å². The van der Waals surface area contributed by atoms with E-state index in [1.807, 2.05) is 33.8 Å². The molecule has 0 saturated carbocycles. The zero-order chi connectivity index (χ0) is 24.8. The minimum atomic E-state index is -1.14. The van der Waals surface area contributed by atoms with Crippen molar-refractivity contribution in [3.8, 4) is 0 Å². The summed E-state index contributed by atoms with van der Waals surface area (Å²) in [6, 6.07) is 3.79. The van der Waals surface area contributed by atoms with E-state index in [0.29, 0.717) is 36.5 Å². The highest BCUT2D eigenvalue weighted by molar-refractivity contribution is 6.34. The van der Waals surface area contributed by atoms with E-state index in [9.17, 15) is 19.5 Å². The number of amides is 3. The Morgan fingerprint density at radius 3 is 2.65 bits per heavy atom. The molecule has 8 nitrogen and oxygen atoms in total. The van der Waals surface area contributed by atoms with Crippen molar-refractivity contribution in [2.45, 2.75) is 76.7 Å². The molecule has 0 aliphatic carbocycles. The number of aliphatic hydroxyl groups excluding tert-OH is 1. The van der Waals surface area contributed by atoms with Crippen molar-refractivity contribution >= 4 is 35.0 Å². The van der Waals surface area contributed by atoms with Gasteiger partial charge in [0, 0.05) is 6.54 Å². The first-order valence-corrected chi connectivity index (χ1v) is 12.5. The maximum Gasteiger partial charge on any atom is 0.250 e. The fourth-order valence-corrected chi connectivity index (χ4v) is 6.48. The third-order valence-electron chi connectivity index (χ3n) is 7.84. The smallest absolute Gasteiger partial charge is 0.250 e. The molecule has 3 aliphatic rings. The van der Waals surface area contributed by atoms with Crippen LogP contribution in [0.4, 0.5) is 5.69 Å². The van der Waals surface area contributed by atoms with Crippen molar-refractivity contribution < 1.29 is 24.2 Å². The molecule has 186 valence electrons. The summed E-state index contributed by atoms with van der Waals surface area (Å²) in [6.45, 7) is 7.75. The summed E-state index contributed by atoms with van der Waals surface area (Å²) in [7, 11) is 0. The van der Waals surface area contributed by atoms with E-state index < -0.39 is 41.0 Å². The van der Waals surface area contributed by atoms with Crippen LogP contribution in [0.1, 0.15) is 52.0 Å². The lowest BCUT2D eigenvalue weighted by atomic mass is 9.66. The number of nitrogens with zero attached hydrogens (tertiary/aromatic N) is 1. The Morgan fingerprint density at radius 1 is 1.29 bits per heavy atom. The van der Waals surface area contributed by atoms with Crippen LogP contribution in [-0.2, 0) is 19.1 Å². The van der Waals surface area contributed by atoms with Gasteiger partial charge in [-0.3, -0.25) is 14.4 Å². The monoisotopic (exact) mass is 491 g/mol. The number of rotatable bonds is 8. The second kappa shape index (κ2) is 9.13. The van der Waals surface area contributed by atoms with Crippen LogP contribution < -0.4 is 10.6 Å². The molecule has 1 spiro atoms. The summed E-state index contributed by atoms with van der Waals surface area (Å²) >= 11 is 6.37. The number of nitrogens with one attached hydrogen (secondary N) is 2. The molecule has 2 bridgehead atoms. The van der Waals surface area contributed by atoms with E-state index >= 15 is 0 Å². The van der Waals surface area contributed by atoms with Gasteiger partial charge in [-0.25, -0.2) is 0 Å². The van der Waals surface area contributed by atoms with E-state index in [4.69, 9.17) is 16.3 Å². The molecular formula is C25H34ClN3O5. The highest BCUT2D eigenvalue weighted by atomic mass is 35.5. The molecule has 3 amide bonds. The van der Waals surface area contributed by atoms with Gasteiger partial charge in [-0.15, -0.1) is 0 Å². The number of carbonyl (C=O) groups is 3. The van der Waals surface area contributed by atoms with Gasteiger partial charge in [-0.1, -0.05) is 37.6 Å². The molecule has 3 fully saturated rings. The Labute approximate surface area is 205 Å². The van der Waals surface area contributed by atoms with Gasteiger partial charge >= 0.3 is 0 Å². The van der Waals surface area contributed by atoms with Gasteiger partial charge in [-0.2, -0.15) is 0 Å². The largest absolute Gasteiger partial charge is 0.394 e. The second-order valence-electron chi connectivity index (χ2n) is 9.93. The zero-order valence-corrected chi connectivity index (χ0v) is 20.9. The zero-order valence-electron chi connectivity index (χ0n) is 20.2. The number of ether oxygens (including phenoxy) is 1. The molecule has 0 aromatic heterocycles. The number of aliphatic hydroxyl groups is 1. The highest BCUT2D eigenvalue weighted by Gasteiger charge is 2.78. The summed E-state index contributed by atoms with van der Waals surface area (Å²) < 4.78 is 6.56. The van der Waals surface area contributed by atoms with Crippen LogP contribution in [0.25, 0.3) is 0 Å². The van der Waals surface area contributed by atoms with E-state index in [1.165, 1.54) is 4.90 Å². The molecule has 1 aromatic carbocycles. The van der Waals surface area contributed by atoms with Gasteiger partial charge in [0.2, 0.25) is 17.7 Å². The highest BCUT2D eigenvalue weighted by Crippen LogP contribution is 2.63. The van der Waals surface area contributed by atoms with Gasteiger partial charge in [0.15, 0.2) is 0 Å². The minimum absolute atomic E-state index is 0.218. The van der Waals surface area contributed by atoms with E-state index in [1.54, 1.807) is 12.1 Å². The van der Waals surface area contributed by atoms with Crippen LogP contribution in [0.15, 0.2) is 18.2 Å². The average molecular weight is 492 g/mol. The first-order valence-electron chi connectivity index (χ1n) is 12.1. The molecule has 3 aliphatic heterocycles. The summed E-state index contributed by atoms with van der Waals surface area (Å²) in [4.78, 5) is 42.5. The van der Waals surface area contributed by atoms with Gasteiger partial charge in [0.05, 0.1) is 40.8 Å². The standard InChI is InChI=1S/C25H34ClN3O5/c1-5-12-27-21(31)17-18-23(33)29(15(6-2)13-30)20(25(18)11-10-24(17,4)34-25)22(32)28-19-14(3)8-7-9-16(19)26/h7-9,15,17-18,20,30H,5-6,10-13H2,1-4H3,(H,27,31)(H,28,32)/t15-,17-,18-,20?,24+,25?/m0/s1. The summed E-state index contributed by atoms with van der Waals surface area (Å²) in [6.07, 6.45) is 2.29. The van der Waals surface area contributed by atoms with Gasteiger partial charge < -0.3 is 25.4 Å². The number of benzene rings is 1. The molecule has 3 N–H and O–H groups in total. The SMILES string of the molecule is CCCNC(=O)[C@@H]1[C@H]2C(=O)N([C@@H](CC)CO)C(C(=O)Nc3c(C)cccc3Cl)C23CC[C@@]1(C)O3. The predicted octanol–water partition coefficient (Wildman–Crippen LogP) is 2.65. The topological polar surface area (TPSA) is 108 Å². The third kappa shape index (κ3) is 3.62. The van der Waals surface area contributed by atoms with Crippen LogP contribution in [0.5, 0.6) is 0 Å². The van der Waals surface area contributed by atoms with Crippen molar-refractivity contribution in [1.29, 1.82) is 0 Å². The second-order valence-corrected chi connectivity index (χ2v) is 10.3. The van der Waals surface area contributed by atoms with Crippen molar-refractivity contribution in [2.24, 2.45) is 11.8 Å². The number of halogens is 1. The molecule has 9 heteroatoms. The molecule has 3 heterocycles. The molecule has 34 heavy (non-hydrogen) atoms. The lowest BCUT2D eigenvalue weighted by Gasteiger charge is -2.36. The maximum absolute atomic E-state index is 13.9. The van der Waals surface area contributed by atoms with E-state index in [2.05, 4.69) is 10.6 Å². The quantitative estimate of drug-likeness (QED) is 0.518. The Kier molecular flexibility index (Phi) is 6.70. The van der Waals surface area contributed by atoms with E-state index in [-0.39, 0.29) is 18.4 Å². The van der Waals surface area contributed by atoms with Crippen LogP contribution in [0.2, 0.25) is 5.02 Å². The van der Waals surface area contributed by atoms with Crippen LogP contribution in [0.3, 0.4) is 0 Å². The number of carbonyl (C=O) groups excluding carboxylic acids is 3. The fourth-order valence-electron chi connectivity index (χ4n) is 6.21. The molecule has 3 saturated heterocycles. The molecule has 0 radical (unpaired) electrons. The number of aryl methyl sites for hydroxylation is 1. The molecule has 1 aromatic rings. The molecular weight excluding hydrogens is 458 g/mol. The van der Waals surface area contributed by atoms with Crippen molar-refractivity contribution in [3.63, 3.8) is 0 Å². The van der Waals surface area contributed by atoms with Crippen molar-refractivity contribution in [3.05, 3.63) is 28.8 Å². The van der Waals surface area contributed by atoms with Gasteiger partial charge in [0.25, 0.3) is 0 Å². The summed E-state index contributed by atoms with van der Waals surface area (Å²) in [5, 5.41) is 16.3. The number of hydrogen-bond acceptors (Lipinski definition) is 5. The first kappa shape index (κ1) is 24.9. The van der Waals surface area contributed by atoms with Gasteiger partial charge in [-0.05, 0) is 51.2 Å². The van der Waals surface area contributed by atoms with Crippen LogP contribution in [0, 0.1) is 18.8 Å². The van der Waals surface area contributed by atoms with Crippen molar-refractivity contribution in [2.75, 3.05) is 18.5 Å². The minimum Gasteiger partial charge on any atom is -0.394 e. The lowest BCUT2D eigenvalue weighted by molar-refractivity contribution is -0.148. The summed E-state index contributed by atoms with van der Waals surface area (Å²) in [5.74, 6) is -2.43. The Morgan fingerprint density at radius 2 is 2.03 bits per heavy atom. The predicted molar refractivity (Wildman–Crippen MR) is 128 cm³/mol. The lowest BCUT2D eigenvalue weighted by Crippen LogP contribution is -2.56. The summed E-state index contributed by atoms with van der Waals surface area (Å²) in [5.41, 5.74) is -0.693. The number of fused-ring (bicyclic) bond motifs is 1. The Balaban J connectivity index is 1.77. The van der Waals surface area contributed by atoms with E-state index in [0.717, 1.165) is 12.0 Å². The fraction of sp³-hybridized carbons (Fsp3) is 0.640. The Bertz CT molecular complexity index is 979.